The van der Waals surface area contributed by atoms with Crippen LogP contribution in [0, 0.1) is 0 Å². The van der Waals surface area contributed by atoms with Crippen molar-refractivity contribution in [2.24, 2.45) is 5.73 Å². The van der Waals surface area contributed by atoms with E-state index in [1.54, 1.807) is 0 Å². The van der Waals surface area contributed by atoms with Crippen LogP contribution in [0.25, 0.3) is 0 Å². The van der Waals surface area contributed by atoms with Gasteiger partial charge in [0.2, 0.25) is 0 Å². The molecule has 2 N–H and O–H groups in total. The third kappa shape index (κ3) is 2.88. The molecule has 1 aliphatic heterocycles. The van der Waals surface area contributed by atoms with Gasteiger partial charge in [0, 0.05) is 30.1 Å². The summed E-state index contributed by atoms with van der Waals surface area (Å²) in [5.41, 5.74) is 6.15. The number of likely N-dealkylation sites (N-methyl/N-ethyl adjacent to an activating group) is 1. The van der Waals surface area contributed by atoms with Crippen LogP contribution in [-0.4, -0.2) is 36.7 Å². The lowest BCUT2D eigenvalue weighted by Gasteiger charge is -2.45. The fraction of sp³-hybridized carbons (Fsp3) is 0.692. The summed E-state index contributed by atoms with van der Waals surface area (Å²) in [5.74, 6) is 0. The summed E-state index contributed by atoms with van der Waals surface area (Å²) in [7, 11) is 2.19. The van der Waals surface area contributed by atoms with Crippen LogP contribution in [0.1, 0.15) is 24.6 Å². The number of nitrogens with zero attached hydrogens (tertiary/aromatic N) is 1. The third-order valence-corrected chi connectivity index (χ3v) is 4.66. The Morgan fingerprint density at radius 2 is 2.47 bits per heavy atom. The molecule has 0 bridgehead atoms. The maximum absolute atomic E-state index is 6.04. The molecule has 1 aromatic heterocycles. The molecule has 0 amide bonds. The minimum absolute atomic E-state index is 0.113. The highest BCUT2D eigenvalue weighted by Crippen LogP contribution is 2.30. The standard InChI is InChI=1S/C13H22N2OS/c1-11-8-13(10-14,5-6-16-11)15(2)9-12-4-3-7-17-12/h3-4,7,11H,5-6,8-10,14H2,1-2H3. The van der Waals surface area contributed by atoms with E-state index in [0.29, 0.717) is 12.6 Å². The van der Waals surface area contributed by atoms with E-state index >= 15 is 0 Å². The van der Waals surface area contributed by atoms with Crippen molar-refractivity contribution in [1.82, 2.24) is 4.90 Å². The summed E-state index contributed by atoms with van der Waals surface area (Å²) in [6.07, 6.45) is 2.39. The van der Waals surface area contributed by atoms with Crippen LogP contribution < -0.4 is 5.73 Å². The van der Waals surface area contributed by atoms with E-state index < -0.39 is 0 Å². The summed E-state index contributed by atoms with van der Waals surface area (Å²) in [6.45, 7) is 4.67. The largest absolute Gasteiger partial charge is 0.378 e. The first kappa shape index (κ1) is 13.0. The fourth-order valence-electron chi connectivity index (χ4n) is 2.64. The first-order valence-corrected chi connectivity index (χ1v) is 7.09. The molecular formula is C13H22N2OS. The van der Waals surface area contributed by atoms with Crippen LogP contribution in [0.2, 0.25) is 0 Å². The van der Waals surface area contributed by atoms with Crippen molar-refractivity contribution in [2.45, 2.75) is 38.0 Å². The molecule has 96 valence electrons. The van der Waals surface area contributed by atoms with Crippen LogP contribution in [0.15, 0.2) is 17.5 Å². The SMILES string of the molecule is CC1CC(CN)(N(C)Cc2cccs2)CCO1. The molecule has 0 radical (unpaired) electrons. The van der Waals surface area contributed by atoms with E-state index in [1.807, 2.05) is 11.3 Å². The van der Waals surface area contributed by atoms with E-state index in [4.69, 9.17) is 10.5 Å². The summed E-state index contributed by atoms with van der Waals surface area (Å²) in [4.78, 5) is 3.82. The maximum atomic E-state index is 6.04. The number of ether oxygens (including phenoxy) is 1. The van der Waals surface area contributed by atoms with Gasteiger partial charge in [0.25, 0.3) is 0 Å². The molecule has 2 heterocycles. The lowest BCUT2D eigenvalue weighted by Crippen LogP contribution is -2.56. The summed E-state index contributed by atoms with van der Waals surface area (Å²) < 4.78 is 5.64. The van der Waals surface area contributed by atoms with Gasteiger partial charge in [-0.05, 0) is 38.3 Å². The van der Waals surface area contributed by atoms with E-state index in [2.05, 4.69) is 36.4 Å². The summed E-state index contributed by atoms with van der Waals surface area (Å²) in [5, 5.41) is 2.13. The predicted molar refractivity (Wildman–Crippen MR) is 72.2 cm³/mol. The molecule has 2 atom stereocenters. The maximum Gasteiger partial charge on any atom is 0.0565 e. The second-order valence-corrected chi connectivity index (χ2v) is 6.03. The van der Waals surface area contributed by atoms with Crippen LogP contribution in [0.4, 0.5) is 0 Å². The van der Waals surface area contributed by atoms with E-state index in [9.17, 15) is 0 Å². The average molecular weight is 254 g/mol. The molecule has 1 saturated heterocycles. The van der Waals surface area contributed by atoms with Crippen molar-refractivity contribution < 1.29 is 4.74 Å². The van der Waals surface area contributed by atoms with Crippen LogP contribution >= 0.6 is 11.3 Å². The third-order valence-electron chi connectivity index (χ3n) is 3.80. The minimum atomic E-state index is 0.113. The molecule has 1 aliphatic rings. The number of rotatable bonds is 4. The highest BCUT2D eigenvalue weighted by atomic mass is 32.1. The monoisotopic (exact) mass is 254 g/mol. The van der Waals surface area contributed by atoms with E-state index in [1.165, 1.54) is 4.88 Å². The molecule has 1 aromatic rings. The highest BCUT2D eigenvalue weighted by Gasteiger charge is 2.37. The second-order valence-electron chi connectivity index (χ2n) is 5.00. The van der Waals surface area contributed by atoms with Gasteiger partial charge < -0.3 is 10.5 Å². The second kappa shape index (κ2) is 5.48. The lowest BCUT2D eigenvalue weighted by molar-refractivity contribution is -0.0581. The zero-order valence-corrected chi connectivity index (χ0v) is 11.5. The van der Waals surface area contributed by atoms with E-state index in [-0.39, 0.29) is 5.54 Å². The Bertz CT molecular complexity index is 341. The van der Waals surface area contributed by atoms with E-state index in [0.717, 1.165) is 26.0 Å². The van der Waals surface area contributed by atoms with Crippen molar-refractivity contribution in [3.8, 4) is 0 Å². The van der Waals surface area contributed by atoms with Crippen LogP contribution in [-0.2, 0) is 11.3 Å². The zero-order chi connectivity index (χ0) is 12.3. The van der Waals surface area contributed by atoms with Crippen molar-refractivity contribution >= 4 is 11.3 Å². The zero-order valence-electron chi connectivity index (χ0n) is 10.7. The Morgan fingerprint density at radius 1 is 1.65 bits per heavy atom. The van der Waals surface area contributed by atoms with Crippen molar-refractivity contribution in [2.75, 3.05) is 20.2 Å². The van der Waals surface area contributed by atoms with Gasteiger partial charge in [-0.15, -0.1) is 11.3 Å². The minimum Gasteiger partial charge on any atom is -0.378 e. The van der Waals surface area contributed by atoms with Gasteiger partial charge in [0.1, 0.15) is 0 Å². The number of thiophene rings is 1. The van der Waals surface area contributed by atoms with Crippen LogP contribution in [0.5, 0.6) is 0 Å². The number of hydrogen-bond donors (Lipinski definition) is 1. The van der Waals surface area contributed by atoms with Gasteiger partial charge in [-0.2, -0.15) is 0 Å². The molecular weight excluding hydrogens is 232 g/mol. The van der Waals surface area contributed by atoms with Gasteiger partial charge in [0.15, 0.2) is 0 Å². The predicted octanol–water partition coefficient (Wildman–Crippen LogP) is 2.08. The Hall–Kier alpha value is -0.420. The summed E-state index contributed by atoms with van der Waals surface area (Å²) >= 11 is 1.81. The van der Waals surface area contributed by atoms with Gasteiger partial charge in [-0.1, -0.05) is 6.07 Å². The first-order valence-electron chi connectivity index (χ1n) is 6.21. The Kier molecular flexibility index (Phi) is 4.20. The fourth-order valence-corrected chi connectivity index (χ4v) is 3.40. The Labute approximate surface area is 108 Å². The van der Waals surface area contributed by atoms with Gasteiger partial charge >= 0.3 is 0 Å². The van der Waals surface area contributed by atoms with Gasteiger partial charge in [-0.3, -0.25) is 4.90 Å². The van der Waals surface area contributed by atoms with Crippen molar-refractivity contribution in [3.63, 3.8) is 0 Å². The van der Waals surface area contributed by atoms with Crippen molar-refractivity contribution in [1.29, 1.82) is 0 Å². The Balaban J connectivity index is 2.06. The molecule has 0 saturated carbocycles. The van der Waals surface area contributed by atoms with Crippen molar-refractivity contribution in [3.05, 3.63) is 22.4 Å². The Morgan fingerprint density at radius 3 is 3.06 bits per heavy atom. The topological polar surface area (TPSA) is 38.5 Å². The summed E-state index contributed by atoms with van der Waals surface area (Å²) in [6, 6.07) is 4.30. The molecule has 17 heavy (non-hydrogen) atoms. The first-order chi connectivity index (χ1) is 8.16. The normalized spacial score (nSPS) is 29.8. The lowest BCUT2D eigenvalue weighted by atomic mass is 9.85. The molecule has 0 aromatic carbocycles. The average Bonchev–Trinajstić information content (AvgIpc) is 2.81. The molecule has 4 heteroatoms. The van der Waals surface area contributed by atoms with Gasteiger partial charge in [0.05, 0.1) is 6.10 Å². The number of nitrogens with two attached hydrogens (primary N) is 1. The smallest absolute Gasteiger partial charge is 0.0565 e. The molecule has 0 spiro atoms. The number of hydrogen-bond acceptors (Lipinski definition) is 4. The quantitative estimate of drug-likeness (QED) is 0.894. The molecule has 3 nitrogen and oxygen atoms in total. The van der Waals surface area contributed by atoms with Crippen LogP contribution in [0.3, 0.4) is 0 Å². The molecule has 2 rings (SSSR count). The molecule has 0 aliphatic carbocycles. The molecule has 1 fully saturated rings. The molecule has 2 unspecified atom stereocenters. The van der Waals surface area contributed by atoms with Gasteiger partial charge in [-0.25, -0.2) is 0 Å². The highest BCUT2D eigenvalue weighted by molar-refractivity contribution is 7.09.